The molecule has 0 radical (unpaired) electrons. The number of anilines is 1. The van der Waals surface area contributed by atoms with E-state index in [9.17, 15) is 13.2 Å². The molecule has 2 N–H and O–H groups in total. The molecule has 0 aliphatic carbocycles. The van der Waals surface area contributed by atoms with Crippen molar-refractivity contribution in [1.29, 1.82) is 0 Å². The van der Waals surface area contributed by atoms with Gasteiger partial charge in [0.25, 0.3) is 0 Å². The molecule has 0 aliphatic heterocycles. The van der Waals surface area contributed by atoms with E-state index < -0.39 is 22.0 Å². The molecule has 128 valence electrons. The maximum Gasteiger partial charge on any atom is 0.242 e. The number of halogens is 3. The molecule has 0 saturated carbocycles. The highest BCUT2D eigenvalue weighted by molar-refractivity contribution is 9.10. The first-order chi connectivity index (χ1) is 11.2. The molecule has 0 aromatic heterocycles. The summed E-state index contributed by atoms with van der Waals surface area (Å²) in [7, 11) is -3.82. The van der Waals surface area contributed by atoms with Crippen molar-refractivity contribution in [3.05, 3.63) is 57.0 Å². The first-order valence-corrected chi connectivity index (χ1v) is 9.76. The molecule has 2 aromatic carbocycles. The third-order valence-electron chi connectivity index (χ3n) is 3.06. The number of hydrogen-bond acceptors (Lipinski definition) is 3. The predicted octanol–water partition coefficient (Wildman–Crippen LogP) is 4.06. The molecule has 1 unspecified atom stereocenters. The highest BCUT2D eigenvalue weighted by atomic mass is 79.9. The van der Waals surface area contributed by atoms with Gasteiger partial charge in [-0.1, -0.05) is 45.2 Å². The fourth-order valence-electron chi connectivity index (χ4n) is 1.81. The van der Waals surface area contributed by atoms with Crippen molar-refractivity contribution in [1.82, 2.24) is 4.72 Å². The number of amides is 1. The van der Waals surface area contributed by atoms with Gasteiger partial charge in [0.2, 0.25) is 15.9 Å². The van der Waals surface area contributed by atoms with Crippen molar-refractivity contribution in [2.75, 3.05) is 5.32 Å². The van der Waals surface area contributed by atoms with E-state index in [2.05, 4.69) is 26.0 Å². The molecule has 24 heavy (non-hydrogen) atoms. The zero-order valence-corrected chi connectivity index (χ0v) is 16.3. The molecule has 2 rings (SSSR count). The number of carbonyl (C=O) groups is 1. The van der Waals surface area contributed by atoms with Crippen LogP contribution in [0.15, 0.2) is 51.8 Å². The maximum absolute atomic E-state index is 12.3. The van der Waals surface area contributed by atoms with Crippen molar-refractivity contribution < 1.29 is 13.2 Å². The van der Waals surface area contributed by atoms with E-state index in [1.54, 1.807) is 30.3 Å². The van der Waals surface area contributed by atoms with Crippen LogP contribution in [-0.4, -0.2) is 20.4 Å². The van der Waals surface area contributed by atoms with Gasteiger partial charge in [-0.3, -0.25) is 4.79 Å². The summed E-state index contributed by atoms with van der Waals surface area (Å²) in [5.74, 6) is -0.556. The molecule has 0 aliphatic rings. The molecule has 0 spiro atoms. The number of nitrogens with one attached hydrogen (secondary N) is 2. The summed E-state index contributed by atoms with van der Waals surface area (Å²) in [4.78, 5) is 12.3. The van der Waals surface area contributed by atoms with E-state index in [4.69, 9.17) is 23.2 Å². The van der Waals surface area contributed by atoms with Crippen LogP contribution in [0.5, 0.6) is 0 Å². The Labute approximate surface area is 158 Å². The molecule has 0 bridgehead atoms. The molecule has 0 heterocycles. The molecule has 1 atom stereocenters. The lowest BCUT2D eigenvalue weighted by Gasteiger charge is -2.15. The van der Waals surface area contributed by atoms with Gasteiger partial charge in [0.1, 0.15) is 0 Å². The molecule has 2 aromatic rings. The molecule has 0 fully saturated rings. The van der Waals surface area contributed by atoms with E-state index in [1.807, 2.05) is 0 Å². The molecular formula is C15H13BrCl2N2O3S. The lowest BCUT2D eigenvalue weighted by molar-refractivity contribution is -0.117. The minimum absolute atomic E-state index is 0.0612. The normalized spacial score (nSPS) is 12.7. The average molecular weight is 452 g/mol. The van der Waals surface area contributed by atoms with Crippen molar-refractivity contribution in [3.63, 3.8) is 0 Å². The Morgan fingerprint density at radius 1 is 1.12 bits per heavy atom. The van der Waals surface area contributed by atoms with Crippen LogP contribution in [0, 0.1) is 0 Å². The van der Waals surface area contributed by atoms with Crippen LogP contribution < -0.4 is 10.0 Å². The minimum atomic E-state index is -3.82. The third kappa shape index (κ3) is 4.70. The van der Waals surface area contributed by atoms with Crippen molar-refractivity contribution in [2.24, 2.45) is 0 Å². The topological polar surface area (TPSA) is 75.3 Å². The number of benzene rings is 2. The Morgan fingerprint density at radius 2 is 1.75 bits per heavy atom. The van der Waals surface area contributed by atoms with E-state index in [1.165, 1.54) is 19.1 Å². The summed E-state index contributed by atoms with van der Waals surface area (Å²) in [5, 5.41) is 3.02. The summed E-state index contributed by atoms with van der Waals surface area (Å²) in [6.45, 7) is 1.43. The molecule has 9 heteroatoms. The van der Waals surface area contributed by atoms with Crippen LogP contribution in [0.3, 0.4) is 0 Å². The van der Waals surface area contributed by atoms with Gasteiger partial charge in [-0.2, -0.15) is 4.72 Å². The monoisotopic (exact) mass is 450 g/mol. The van der Waals surface area contributed by atoms with Gasteiger partial charge in [-0.25, -0.2) is 8.42 Å². The second-order valence-corrected chi connectivity index (χ2v) is 8.30. The Hall–Kier alpha value is -1.12. The lowest BCUT2D eigenvalue weighted by Crippen LogP contribution is -2.41. The molecular weight excluding hydrogens is 439 g/mol. The van der Waals surface area contributed by atoms with Gasteiger partial charge in [0.15, 0.2) is 0 Å². The van der Waals surface area contributed by atoms with Gasteiger partial charge in [0, 0.05) is 4.47 Å². The highest BCUT2D eigenvalue weighted by Crippen LogP contribution is 2.29. The Morgan fingerprint density at radius 3 is 2.38 bits per heavy atom. The summed E-state index contributed by atoms with van der Waals surface area (Å²) in [5.41, 5.74) is 0.309. The summed E-state index contributed by atoms with van der Waals surface area (Å²) in [6, 6.07) is 9.85. The predicted molar refractivity (Wildman–Crippen MR) is 99.0 cm³/mol. The van der Waals surface area contributed by atoms with E-state index in [-0.39, 0.29) is 14.9 Å². The molecule has 5 nitrogen and oxygen atoms in total. The largest absolute Gasteiger partial charge is 0.323 e. The van der Waals surface area contributed by atoms with Crippen molar-refractivity contribution in [3.8, 4) is 0 Å². The fraction of sp³-hybridized carbons (Fsp3) is 0.133. The van der Waals surface area contributed by atoms with Gasteiger partial charge in [-0.05, 0) is 43.3 Å². The summed E-state index contributed by atoms with van der Waals surface area (Å²) >= 11 is 15.1. The Kier molecular flexibility index (Phi) is 6.28. The van der Waals surface area contributed by atoms with Gasteiger partial charge >= 0.3 is 0 Å². The van der Waals surface area contributed by atoms with Crippen LogP contribution in [0.4, 0.5) is 5.69 Å². The smallest absolute Gasteiger partial charge is 0.242 e. The maximum atomic E-state index is 12.3. The van der Waals surface area contributed by atoms with Crippen molar-refractivity contribution >= 4 is 60.7 Å². The van der Waals surface area contributed by atoms with Crippen LogP contribution in [0.1, 0.15) is 6.92 Å². The van der Waals surface area contributed by atoms with Crippen LogP contribution in [0.2, 0.25) is 10.0 Å². The summed E-state index contributed by atoms with van der Waals surface area (Å²) < 4.78 is 27.6. The van der Waals surface area contributed by atoms with E-state index in [0.29, 0.717) is 5.69 Å². The lowest BCUT2D eigenvalue weighted by atomic mass is 10.3. The van der Waals surface area contributed by atoms with Crippen LogP contribution in [-0.2, 0) is 14.8 Å². The summed E-state index contributed by atoms with van der Waals surface area (Å²) in [6.07, 6.45) is 0. The number of sulfonamides is 1. The minimum Gasteiger partial charge on any atom is -0.323 e. The van der Waals surface area contributed by atoms with E-state index >= 15 is 0 Å². The number of hydrogen-bond donors (Lipinski definition) is 2. The number of carbonyl (C=O) groups excluding carboxylic acids is 1. The van der Waals surface area contributed by atoms with E-state index in [0.717, 1.165) is 4.47 Å². The third-order valence-corrected chi connectivity index (χ3v) is 5.96. The first kappa shape index (κ1) is 19.2. The first-order valence-electron chi connectivity index (χ1n) is 6.73. The van der Waals surface area contributed by atoms with Gasteiger partial charge in [-0.15, -0.1) is 0 Å². The standard InChI is InChI=1S/C15H13BrCl2N2O3S/c1-9(15(21)19-13-4-2-3-12(17)14(13)18)20-24(22,23)11-7-5-10(16)6-8-11/h2-9,20H,1H3,(H,19,21). The second-order valence-electron chi connectivity index (χ2n) is 4.89. The SMILES string of the molecule is CC(NS(=O)(=O)c1ccc(Br)cc1)C(=O)Nc1cccc(Cl)c1Cl. The Balaban J connectivity index is 2.11. The Bertz CT molecular complexity index is 858. The zero-order chi connectivity index (χ0) is 17.9. The van der Waals surface area contributed by atoms with Crippen molar-refractivity contribution in [2.45, 2.75) is 17.9 Å². The van der Waals surface area contributed by atoms with Gasteiger partial charge in [0.05, 0.1) is 26.7 Å². The molecule has 1 amide bonds. The fourth-order valence-corrected chi connectivity index (χ4v) is 3.62. The average Bonchev–Trinajstić information content (AvgIpc) is 2.51. The quantitative estimate of drug-likeness (QED) is 0.719. The highest BCUT2D eigenvalue weighted by Gasteiger charge is 2.22. The van der Waals surface area contributed by atoms with Gasteiger partial charge < -0.3 is 5.32 Å². The van der Waals surface area contributed by atoms with Crippen LogP contribution in [0.25, 0.3) is 0 Å². The van der Waals surface area contributed by atoms with Crippen LogP contribution >= 0.6 is 39.1 Å². The molecule has 0 saturated heterocycles. The zero-order valence-electron chi connectivity index (χ0n) is 12.4. The number of rotatable bonds is 5. The second kappa shape index (κ2) is 7.84.